The fourth-order valence-corrected chi connectivity index (χ4v) is 3.43. The molecule has 0 aliphatic rings. The van der Waals surface area contributed by atoms with E-state index in [1.54, 1.807) is 6.07 Å². The fraction of sp³-hybridized carbons (Fsp3) is 0.143. The summed E-state index contributed by atoms with van der Waals surface area (Å²) in [6, 6.07) is 12.7. The van der Waals surface area contributed by atoms with Crippen LogP contribution in [0, 0.1) is 0 Å². The first-order chi connectivity index (χ1) is 13.1. The van der Waals surface area contributed by atoms with Crippen LogP contribution < -0.4 is 10.2 Å². The number of hydrogen-bond acceptors (Lipinski definition) is 4. The summed E-state index contributed by atoms with van der Waals surface area (Å²) in [5.74, 6) is 0.816. The second-order valence-corrected chi connectivity index (χ2v) is 6.79. The lowest BCUT2D eigenvalue weighted by atomic mass is 10.0. The number of hydrogen-bond donors (Lipinski definition) is 2. The molecule has 3 heterocycles. The van der Waals surface area contributed by atoms with Crippen LogP contribution in [-0.4, -0.2) is 21.3 Å². The summed E-state index contributed by atoms with van der Waals surface area (Å²) in [5, 5.41) is 7.80. The van der Waals surface area contributed by atoms with Gasteiger partial charge in [-0.15, -0.1) is 0 Å². The predicted octanol–water partition coefficient (Wildman–Crippen LogP) is 4.60. The van der Waals surface area contributed by atoms with Crippen molar-refractivity contribution >= 4 is 33.1 Å². The largest absolute Gasteiger partial charge is 0.491 e. The summed E-state index contributed by atoms with van der Waals surface area (Å²) in [6.45, 7) is 4.00. The molecule has 27 heavy (non-hydrogen) atoms. The van der Waals surface area contributed by atoms with Crippen molar-refractivity contribution in [3.05, 3.63) is 58.9 Å². The molecule has 2 aromatic carbocycles. The van der Waals surface area contributed by atoms with Crippen molar-refractivity contribution in [3.63, 3.8) is 0 Å². The number of H-pyrrole nitrogens is 2. The van der Waals surface area contributed by atoms with Crippen molar-refractivity contribution in [2.24, 2.45) is 0 Å². The van der Waals surface area contributed by atoms with Crippen LogP contribution in [0.1, 0.15) is 13.8 Å². The van der Waals surface area contributed by atoms with E-state index in [-0.39, 0.29) is 11.5 Å². The normalized spacial score (nSPS) is 11.8. The van der Waals surface area contributed by atoms with Crippen molar-refractivity contribution in [2.75, 3.05) is 0 Å². The van der Waals surface area contributed by atoms with E-state index in [1.807, 2.05) is 44.3 Å². The second-order valence-electron chi connectivity index (χ2n) is 6.79. The van der Waals surface area contributed by atoms with Crippen LogP contribution in [0.15, 0.2) is 57.9 Å². The molecule has 0 fully saturated rings. The van der Waals surface area contributed by atoms with Gasteiger partial charge in [0.25, 0.3) is 0 Å². The maximum atomic E-state index is 11.7. The average molecular weight is 359 g/mol. The van der Waals surface area contributed by atoms with Gasteiger partial charge in [0.2, 0.25) is 0 Å². The number of rotatable bonds is 3. The number of aromatic nitrogens is 3. The maximum absolute atomic E-state index is 11.7. The molecule has 2 N–H and O–H groups in total. The highest BCUT2D eigenvalue weighted by molar-refractivity contribution is 6.14. The molecule has 0 saturated heterocycles. The first-order valence-electron chi connectivity index (χ1n) is 8.79. The lowest BCUT2D eigenvalue weighted by Crippen LogP contribution is -2.05. The van der Waals surface area contributed by atoms with E-state index in [0.717, 1.165) is 38.8 Å². The van der Waals surface area contributed by atoms with Crippen molar-refractivity contribution < 1.29 is 9.15 Å². The van der Waals surface area contributed by atoms with E-state index in [2.05, 4.69) is 10.2 Å². The molecule has 0 radical (unpaired) electrons. The van der Waals surface area contributed by atoms with Gasteiger partial charge in [-0.3, -0.25) is 9.89 Å². The molecule has 5 aromatic rings. The number of nitrogens with one attached hydrogen (secondary N) is 2. The van der Waals surface area contributed by atoms with Gasteiger partial charge in [0.05, 0.1) is 6.10 Å². The molecule has 0 spiro atoms. The zero-order valence-corrected chi connectivity index (χ0v) is 14.9. The monoisotopic (exact) mass is 359 g/mol. The Kier molecular flexibility index (Phi) is 3.33. The van der Waals surface area contributed by atoms with Gasteiger partial charge in [-0.05, 0) is 43.7 Å². The van der Waals surface area contributed by atoms with Crippen LogP contribution >= 0.6 is 0 Å². The Bertz CT molecular complexity index is 1340. The number of fused-ring (bicyclic) bond motifs is 4. The number of pyridine rings is 1. The molecule has 5 rings (SSSR count). The van der Waals surface area contributed by atoms with Gasteiger partial charge in [0.1, 0.15) is 16.8 Å². The van der Waals surface area contributed by atoms with Crippen molar-refractivity contribution in [1.29, 1.82) is 0 Å². The quantitative estimate of drug-likeness (QED) is 0.493. The smallest absolute Gasteiger partial charge is 0.182 e. The lowest BCUT2D eigenvalue weighted by Gasteiger charge is -2.10. The van der Waals surface area contributed by atoms with Crippen LogP contribution in [0.2, 0.25) is 0 Å². The molecule has 134 valence electrons. The van der Waals surface area contributed by atoms with Gasteiger partial charge in [0, 0.05) is 28.6 Å². The summed E-state index contributed by atoms with van der Waals surface area (Å²) in [5.41, 5.74) is 4.48. The van der Waals surface area contributed by atoms with Crippen molar-refractivity contribution in [3.8, 4) is 16.9 Å². The average Bonchev–Trinajstić information content (AvgIpc) is 3.23. The maximum Gasteiger partial charge on any atom is 0.182 e. The van der Waals surface area contributed by atoms with Gasteiger partial charge >= 0.3 is 0 Å². The summed E-state index contributed by atoms with van der Waals surface area (Å²) >= 11 is 0. The molecule has 3 aromatic heterocycles. The number of benzene rings is 2. The Morgan fingerprint density at radius 1 is 1.07 bits per heavy atom. The van der Waals surface area contributed by atoms with Crippen molar-refractivity contribution in [1.82, 2.24) is 15.2 Å². The number of furan rings is 1. The zero-order chi connectivity index (χ0) is 18.5. The summed E-state index contributed by atoms with van der Waals surface area (Å²) in [4.78, 5) is 16.4. The zero-order valence-electron chi connectivity index (χ0n) is 14.9. The van der Waals surface area contributed by atoms with E-state index in [0.29, 0.717) is 11.2 Å². The van der Waals surface area contributed by atoms with Gasteiger partial charge < -0.3 is 14.3 Å². The van der Waals surface area contributed by atoms with Gasteiger partial charge in [-0.25, -0.2) is 4.98 Å². The SMILES string of the molecule is CC(C)Oc1ccc(-c2c3c[nH][nH]c3nc3c2oc2cc(=O)ccc23)cc1. The molecule has 6 nitrogen and oxygen atoms in total. The van der Waals surface area contributed by atoms with Crippen LogP contribution in [0.25, 0.3) is 44.2 Å². The van der Waals surface area contributed by atoms with E-state index >= 15 is 0 Å². The second kappa shape index (κ2) is 5.74. The van der Waals surface area contributed by atoms with E-state index in [4.69, 9.17) is 14.1 Å². The van der Waals surface area contributed by atoms with Crippen LogP contribution in [0.4, 0.5) is 0 Å². The summed E-state index contributed by atoms with van der Waals surface area (Å²) < 4.78 is 11.8. The van der Waals surface area contributed by atoms with Crippen molar-refractivity contribution in [2.45, 2.75) is 20.0 Å². The van der Waals surface area contributed by atoms with Crippen LogP contribution in [-0.2, 0) is 0 Å². The Balaban J connectivity index is 1.81. The topological polar surface area (TPSA) is 83.9 Å². The molecular weight excluding hydrogens is 342 g/mol. The standard InChI is InChI=1S/C21H17N3O3/c1-11(2)26-14-6-3-12(4-7-14)18-16-10-22-24-21(16)23-19-15-8-5-13(25)9-17(15)27-20(18)19/h3-11H,1-2H3,(H2,22,23,24). The molecule has 0 atom stereocenters. The Labute approximate surface area is 153 Å². The molecule has 0 aliphatic heterocycles. The lowest BCUT2D eigenvalue weighted by molar-refractivity contribution is 0.242. The number of ether oxygens (including phenoxy) is 1. The minimum absolute atomic E-state index is 0.0859. The third kappa shape index (κ3) is 2.49. The highest BCUT2D eigenvalue weighted by atomic mass is 16.5. The first-order valence-corrected chi connectivity index (χ1v) is 8.79. The molecular formula is C21H17N3O3. The highest BCUT2D eigenvalue weighted by Gasteiger charge is 2.18. The minimum atomic E-state index is -0.0859. The minimum Gasteiger partial charge on any atom is -0.491 e. The molecule has 0 bridgehead atoms. The first kappa shape index (κ1) is 15.7. The molecule has 0 aliphatic carbocycles. The number of nitrogens with zero attached hydrogens (tertiary/aromatic N) is 1. The number of aromatic amines is 2. The Hall–Kier alpha value is -3.54. The third-order valence-corrected chi connectivity index (χ3v) is 4.53. The highest BCUT2D eigenvalue weighted by Crippen LogP contribution is 2.38. The van der Waals surface area contributed by atoms with E-state index in [9.17, 15) is 4.79 Å². The van der Waals surface area contributed by atoms with Crippen LogP contribution in [0.5, 0.6) is 5.75 Å². The molecule has 0 amide bonds. The van der Waals surface area contributed by atoms with Crippen LogP contribution in [0.3, 0.4) is 0 Å². The molecule has 6 heteroatoms. The Morgan fingerprint density at radius 2 is 1.89 bits per heavy atom. The fourth-order valence-electron chi connectivity index (χ4n) is 3.43. The summed E-state index contributed by atoms with van der Waals surface area (Å²) in [6.07, 6.45) is 1.98. The molecule has 0 saturated carbocycles. The van der Waals surface area contributed by atoms with E-state index < -0.39 is 0 Å². The van der Waals surface area contributed by atoms with Gasteiger partial charge in [-0.2, -0.15) is 0 Å². The van der Waals surface area contributed by atoms with E-state index in [1.165, 1.54) is 12.1 Å². The van der Waals surface area contributed by atoms with Gasteiger partial charge in [0.15, 0.2) is 16.7 Å². The predicted molar refractivity (Wildman–Crippen MR) is 105 cm³/mol. The Morgan fingerprint density at radius 3 is 2.67 bits per heavy atom. The molecule has 0 unspecified atom stereocenters. The van der Waals surface area contributed by atoms with Gasteiger partial charge in [-0.1, -0.05) is 12.1 Å². The summed E-state index contributed by atoms with van der Waals surface area (Å²) in [7, 11) is 0. The third-order valence-electron chi connectivity index (χ3n) is 4.53.